The molecule has 1 N–H and O–H groups in total. The minimum atomic E-state index is 0.500. The second kappa shape index (κ2) is 3.35. The van der Waals surface area contributed by atoms with Crippen molar-refractivity contribution in [2.45, 2.75) is 38.6 Å². The van der Waals surface area contributed by atoms with E-state index in [0.29, 0.717) is 5.41 Å². The van der Waals surface area contributed by atoms with Gasteiger partial charge in [-0.1, -0.05) is 13.3 Å². The van der Waals surface area contributed by atoms with Gasteiger partial charge in [0.15, 0.2) is 0 Å². The molecule has 12 heavy (non-hydrogen) atoms. The standard InChI is InChI=1S/C10H19NO/c1-2-10(7-12-8-10)9-5-3-4-6-11-9/h9,11H,2-8H2,1H3. The Hall–Kier alpha value is -0.0800. The van der Waals surface area contributed by atoms with E-state index >= 15 is 0 Å². The quantitative estimate of drug-likeness (QED) is 0.677. The van der Waals surface area contributed by atoms with E-state index in [9.17, 15) is 0 Å². The average Bonchev–Trinajstić information content (AvgIpc) is 2.05. The van der Waals surface area contributed by atoms with Crippen LogP contribution in [0.5, 0.6) is 0 Å². The largest absolute Gasteiger partial charge is 0.380 e. The Morgan fingerprint density at radius 2 is 2.25 bits per heavy atom. The summed E-state index contributed by atoms with van der Waals surface area (Å²) in [6.07, 6.45) is 5.39. The number of piperidine rings is 1. The van der Waals surface area contributed by atoms with Crippen molar-refractivity contribution < 1.29 is 4.74 Å². The highest BCUT2D eigenvalue weighted by Crippen LogP contribution is 2.37. The van der Waals surface area contributed by atoms with E-state index in [4.69, 9.17) is 4.74 Å². The predicted octanol–water partition coefficient (Wildman–Crippen LogP) is 1.56. The summed E-state index contributed by atoms with van der Waals surface area (Å²) >= 11 is 0. The molecule has 0 aliphatic carbocycles. The number of nitrogens with one attached hydrogen (secondary N) is 1. The Morgan fingerprint density at radius 3 is 2.67 bits per heavy atom. The van der Waals surface area contributed by atoms with Crippen molar-refractivity contribution in [1.29, 1.82) is 0 Å². The van der Waals surface area contributed by atoms with Gasteiger partial charge < -0.3 is 10.1 Å². The van der Waals surface area contributed by atoms with Crippen LogP contribution in [-0.2, 0) is 4.74 Å². The number of rotatable bonds is 2. The van der Waals surface area contributed by atoms with Gasteiger partial charge in [-0.05, 0) is 25.8 Å². The van der Waals surface area contributed by atoms with Gasteiger partial charge in [0.25, 0.3) is 0 Å². The predicted molar refractivity (Wildman–Crippen MR) is 49.2 cm³/mol. The van der Waals surface area contributed by atoms with E-state index in [1.165, 1.54) is 32.2 Å². The molecule has 2 nitrogen and oxygen atoms in total. The van der Waals surface area contributed by atoms with Crippen LogP contribution in [0.1, 0.15) is 32.6 Å². The van der Waals surface area contributed by atoms with Crippen LogP contribution in [0.2, 0.25) is 0 Å². The maximum absolute atomic E-state index is 5.34. The fourth-order valence-electron chi connectivity index (χ4n) is 2.39. The lowest BCUT2D eigenvalue weighted by Gasteiger charge is -2.48. The van der Waals surface area contributed by atoms with Crippen molar-refractivity contribution in [3.63, 3.8) is 0 Å². The lowest BCUT2D eigenvalue weighted by molar-refractivity contribution is -0.138. The van der Waals surface area contributed by atoms with Crippen molar-refractivity contribution in [3.05, 3.63) is 0 Å². The van der Waals surface area contributed by atoms with Crippen molar-refractivity contribution >= 4 is 0 Å². The van der Waals surface area contributed by atoms with Gasteiger partial charge >= 0.3 is 0 Å². The summed E-state index contributed by atoms with van der Waals surface area (Å²) in [5, 5.41) is 3.63. The first kappa shape index (κ1) is 8.52. The van der Waals surface area contributed by atoms with E-state index in [-0.39, 0.29) is 0 Å². The molecule has 2 heteroatoms. The van der Waals surface area contributed by atoms with Crippen molar-refractivity contribution in [3.8, 4) is 0 Å². The topological polar surface area (TPSA) is 21.3 Å². The highest BCUT2D eigenvalue weighted by Gasteiger charge is 2.44. The molecule has 2 heterocycles. The summed E-state index contributed by atoms with van der Waals surface area (Å²) in [5.74, 6) is 0. The zero-order valence-electron chi connectivity index (χ0n) is 7.94. The fraction of sp³-hybridized carbons (Fsp3) is 1.00. The lowest BCUT2D eigenvalue weighted by Crippen LogP contribution is -2.57. The van der Waals surface area contributed by atoms with Gasteiger partial charge in [0.05, 0.1) is 13.2 Å². The molecule has 0 amide bonds. The Labute approximate surface area is 74.7 Å². The van der Waals surface area contributed by atoms with Crippen LogP contribution in [-0.4, -0.2) is 25.8 Å². The molecule has 1 atom stereocenters. The van der Waals surface area contributed by atoms with Crippen LogP contribution in [0, 0.1) is 5.41 Å². The van der Waals surface area contributed by atoms with Crippen LogP contribution < -0.4 is 5.32 Å². The molecule has 2 aliphatic rings. The van der Waals surface area contributed by atoms with Crippen molar-refractivity contribution in [1.82, 2.24) is 5.32 Å². The van der Waals surface area contributed by atoms with Crippen LogP contribution in [0.25, 0.3) is 0 Å². The molecule has 2 saturated heterocycles. The Kier molecular flexibility index (Phi) is 2.37. The van der Waals surface area contributed by atoms with Gasteiger partial charge in [-0.25, -0.2) is 0 Å². The average molecular weight is 169 g/mol. The van der Waals surface area contributed by atoms with Gasteiger partial charge in [0.1, 0.15) is 0 Å². The zero-order chi connectivity index (χ0) is 8.44. The maximum Gasteiger partial charge on any atom is 0.0559 e. The smallest absolute Gasteiger partial charge is 0.0559 e. The van der Waals surface area contributed by atoms with E-state index < -0.39 is 0 Å². The normalized spacial score (nSPS) is 34.2. The molecule has 2 aliphatic heterocycles. The summed E-state index contributed by atoms with van der Waals surface area (Å²) in [4.78, 5) is 0. The van der Waals surface area contributed by atoms with Crippen LogP contribution in [0.3, 0.4) is 0 Å². The molecule has 0 aromatic carbocycles. The van der Waals surface area contributed by atoms with Gasteiger partial charge in [0.2, 0.25) is 0 Å². The van der Waals surface area contributed by atoms with Gasteiger partial charge in [0, 0.05) is 11.5 Å². The first-order valence-corrected chi connectivity index (χ1v) is 5.18. The fourth-order valence-corrected chi connectivity index (χ4v) is 2.39. The summed E-state index contributed by atoms with van der Waals surface area (Å²) < 4.78 is 5.34. The Morgan fingerprint density at radius 1 is 1.42 bits per heavy atom. The lowest BCUT2D eigenvalue weighted by atomic mass is 9.73. The molecule has 0 aromatic rings. The molecular weight excluding hydrogens is 150 g/mol. The molecule has 0 spiro atoms. The first-order valence-electron chi connectivity index (χ1n) is 5.18. The molecule has 0 aromatic heterocycles. The Balaban J connectivity index is 1.95. The maximum atomic E-state index is 5.34. The Bertz CT molecular complexity index is 142. The first-order chi connectivity index (χ1) is 5.87. The van der Waals surface area contributed by atoms with Gasteiger partial charge in [-0.3, -0.25) is 0 Å². The van der Waals surface area contributed by atoms with Crippen molar-refractivity contribution in [2.24, 2.45) is 5.41 Å². The second-order valence-corrected chi connectivity index (χ2v) is 4.21. The molecule has 2 rings (SSSR count). The third-order valence-corrected chi connectivity index (χ3v) is 3.53. The summed E-state index contributed by atoms with van der Waals surface area (Å²) in [6.45, 7) is 5.48. The van der Waals surface area contributed by atoms with Crippen LogP contribution in [0.15, 0.2) is 0 Å². The molecule has 2 fully saturated rings. The third-order valence-electron chi connectivity index (χ3n) is 3.53. The van der Waals surface area contributed by atoms with Crippen LogP contribution in [0.4, 0.5) is 0 Å². The molecular formula is C10H19NO. The highest BCUT2D eigenvalue weighted by atomic mass is 16.5. The summed E-state index contributed by atoms with van der Waals surface area (Å²) in [6, 6.07) is 0.741. The molecule has 0 radical (unpaired) electrons. The van der Waals surface area contributed by atoms with Gasteiger partial charge in [-0.15, -0.1) is 0 Å². The van der Waals surface area contributed by atoms with Gasteiger partial charge in [-0.2, -0.15) is 0 Å². The monoisotopic (exact) mass is 169 g/mol. The van der Waals surface area contributed by atoms with Crippen LogP contribution >= 0.6 is 0 Å². The molecule has 70 valence electrons. The van der Waals surface area contributed by atoms with E-state index in [1.807, 2.05) is 0 Å². The SMILES string of the molecule is CCC1(C2CCCCN2)COC1. The minimum absolute atomic E-state index is 0.500. The summed E-state index contributed by atoms with van der Waals surface area (Å²) in [7, 11) is 0. The highest BCUT2D eigenvalue weighted by molar-refractivity contribution is 4.96. The molecule has 0 bridgehead atoms. The number of hydrogen-bond acceptors (Lipinski definition) is 2. The van der Waals surface area contributed by atoms with E-state index in [2.05, 4.69) is 12.2 Å². The number of hydrogen-bond donors (Lipinski definition) is 1. The zero-order valence-corrected chi connectivity index (χ0v) is 7.94. The molecule has 1 unspecified atom stereocenters. The van der Waals surface area contributed by atoms with E-state index in [1.54, 1.807) is 0 Å². The van der Waals surface area contributed by atoms with E-state index in [0.717, 1.165) is 19.3 Å². The third kappa shape index (κ3) is 1.27. The number of ether oxygens (including phenoxy) is 1. The van der Waals surface area contributed by atoms with Crippen molar-refractivity contribution in [2.75, 3.05) is 19.8 Å². The molecule has 0 saturated carbocycles. The minimum Gasteiger partial charge on any atom is -0.380 e. The second-order valence-electron chi connectivity index (χ2n) is 4.21. The summed E-state index contributed by atoms with van der Waals surface area (Å²) in [5.41, 5.74) is 0.500.